The van der Waals surface area contributed by atoms with E-state index in [1.165, 1.54) is 7.11 Å². The Morgan fingerprint density at radius 3 is 1.57 bits per heavy atom. The van der Waals surface area contributed by atoms with Crippen LogP contribution in [0.4, 0.5) is 0 Å². The second-order valence-electron chi connectivity index (χ2n) is 7.33. The lowest BCUT2D eigenvalue weighted by Gasteiger charge is -2.29. The number of benzene rings is 3. The normalized spacial score (nSPS) is 12.9. The van der Waals surface area contributed by atoms with Gasteiger partial charge < -0.3 is 18.9 Å². The Labute approximate surface area is 203 Å². The van der Waals surface area contributed by atoms with Crippen LogP contribution >= 0.6 is 0 Å². The van der Waals surface area contributed by atoms with Crippen molar-refractivity contribution in [3.05, 3.63) is 108 Å². The van der Waals surface area contributed by atoms with E-state index < -0.39 is 36.2 Å². The van der Waals surface area contributed by atoms with Crippen LogP contribution in [0.25, 0.3) is 0 Å². The van der Waals surface area contributed by atoms with E-state index in [2.05, 4.69) is 5.92 Å². The van der Waals surface area contributed by atoms with Crippen molar-refractivity contribution < 1.29 is 33.3 Å². The van der Waals surface area contributed by atoms with E-state index in [4.69, 9.17) is 25.4 Å². The van der Waals surface area contributed by atoms with Gasteiger partial charge in [0.2, 0.25) is 6.10 Å². The second kappa shape index (κ2) is 12.7. The summed E-state index contributed by atoms with van der Waals surface area (Å²) in [4.78, 5) is 37.9. The van der Waals surface area contributed by atoms with Crippen LogP contribution in [0.3, 0.4) is 0 Å². The van der Waals surface area contributed by atoms with Gasteiger partial charge in [-0.15, -0.1) is 6.42 Å². The summed E-state index contributed by atoms with van der Waals surface area (Å²) in [7, 11) is 1.34. The van der Waals surface area contributed by atoms with Crippen molar-refractivity contribution >= 4 is 17.9 Å². The number of carbonyl (C=O) groups excluding carboxylic acids is 3. The van der Waals surface area contributed by atoms with Crippen LogP contribution in [-0.4, -0.2) is 49.9 Å². The summed E-state index contributed by atoms with van der Waals surface area (Å²) in [6, 6.07) is 24.8. The number of esters is 3. The molecule has 0 bridgehead atoms. The molecule has 3 atom stereocenters. The maximum Gasteiger partial charge on any atom is 0.339 e. The summed E-state index contributed by atoms with van der Waals surface area (Å²) in [5.41, 5.74) is 0.869. The summed E-state index contributed by atoms with van der Waals surface area (Å²) in [5.74, 6) is 0.346. The summed E-state index contributed by atoms with van der Waals surface area (Å²) in [6.45, 7) is -0.308. The highest BCUT2D eigenvalue weighted by atomic mass is 16.6. The maximum atomic E-state index is 12.8. The van der Waals surface area contributed by atoms with E-state index in [0.29, 0.717) is 5.56 Å². The molecule has 0 heterocycles. The standard InChI is InChI=1S/C28H24O7/c1-3-23(34-27(30)21-15-9-5-10-16-21)25(35-28(31)22-17-11-6-12-18-22)24(32-2)19-33-26(29)20-13-7-4-8-14-20/h1,4-18,23-25H,19H2,2H3. The molecule has 3 aromatic carbocycles. The Bertz CT molecular complexity index is 1150. The fraction of sp³-hybridized carbons (Fsp3) is 0.179. The third-order valence-electron chi connectivity index (χ3n) is 5.02. The molecule has 35 heavy (non-hydrogen) atoms. The number of ether oxygens (including phenoxy) is 4. The number of methoxy groups -OCH3 is 1. The van der Waals surface area contributed by atoms with Crippen LogP contribution in [0, 0.1) is 12.3 Å². The molecule has 178 valence electrons. The predicted octanol–water partition coefficient (Wildman–Crippen LogP) is 3.94. The fourth-order valence-corrected chi connectivity index (χ4v) is 3.16. The Morgan fingerprint density at radius 2 is 1.14 bits per heavy atom. The summed E-state index contributed by atoms with van der Waals surface area (Å²) in [5, 5.41) is 0. The van der Waals surface area contributed by atoms with Gasteiger partial charge >= 0.3 is 17.9 Å². The zero-order valence-corrected chi connectivity index (χ0v) is 19.0. The lowest BCUT2D eigenvalue weighted by molar-refractivity contribution is -0.0943. The van der Waals surface area contributed by atoms with Crippen LogP contribution in [0.1, 0.15) is 31.1 Å². The molecule has 0 aliphatic carbocycles. The Morgan fingerprint density at radius 1 is 0.714 bits per heavy atom. The molecule has 0 N–H and O–H groups in total. The predicted molar refractivity (Wildman–Crippen MR) is 128 cm³/mol. The molecule has 0 saturated heterocycles. The van der Waals surface area contributed by atoms with Gasteiger partial charge in [-0.25, -0.2) is 14.4 Å². The first kappa shape index (κ1) is 25.2. The van der Waals surface area contributed by atoms with Crippen molar-refractivity contribution in [3.8, 4) is 12.3 Å². The molecular formula is C28H24O7. The molecule has 3 rings (SSSR count). The van der Waals surface area contributed by atoms with Crippen LogP contribution in [0.5, 0.6) is 0 Å². The van der Waals surface area contributed by atoms with E-state index in [1.807, 2.05) is 0 Å². The molecular weight excluding hydrogens is 448 g/mol. The zero-order valence-electron chi connectivity index (χ0n) is 19.0. The average Bonchev–Trinajstić information content (AvgIpc) is 2.92. The van der Waals surface area contributed by atoms with Crippen LogP contribution in [0.15, 0.2) is 91.0 Å². The monoisotopic (exact) mass is 472 g/mol. The molecule has 7 heteroatoms. The first-order valence-corrected chi connectivity index (χ1v) is 10.8. The SMILES string of the molecule is C#CC(OC(=O)c1ccccc1)C(OC(=O)c1ccccc1)C(COC(=O)c1ccccc1)OC. The average molecular weight is 472 g/mol. The third-order valence-corrected chi connectivity index (χ3v) is 5.02. The highest BCUT2D eigenvalue weighted by molar-refractivity contribution is 5.91. The number of rotatable bonds is 10. The van der Waals surface area contributed by atoms with E-state index in [0.717, 1.165) is 0 Å². The summed E-state index contributed by atoms with van der Waals surface area (Å²) in [6.07, 6.45) is 2.05. The van der Waals surface area contributed by atoms with Gasteiger partial charge in [-0.1, -0.05) is 60.5 Å². The van der Waals surface area contributed by atoms with Gasteiger partial charge in [-0.3, -0.25) is 0 Å². The third kappa shape index (κ3) is 7.03. The molecule has 3 aromatic rings. The van der Waals surface area contributed by atoms with Crippen molar-refractivity contribution in [2.24, 2.45) is 0 Å². The summed E-state index contributed by atoms with van der Waals surface area (Å²) >= 11 is 0. The van der Waals surface area contributed by atoms with Gasteiger partial charge in [0.1, 0.15) is 12.7 Å². The Hall–Kier alpha value is -4.41. The van der Waals surface area contributed by atoms with Crippen molar-refractivity contribution in [1.29, 1.82) is 0 Å². The van der Waals surface area contributed by atoms with Gasteiger partial charge in [0.15, 0.2) is 6.10 Å². The molecule has 0 aliphatic rings. The van der Waals surface area contributed by atoms with Gasteiger partial charge in [0.05, 0.1) is 16.7 Å². The number of terminal acetylenes is 1. The van der Waals surface area contributed by atoms with E-state index >= 15 is 0 Å². The summed E-state index contributed by atoms with van der Waals surface area (Å²) < 4.78 is 22.0. The first-order chi connectivity index (χ1) is 17.0. The van der Waals surface area contributed by atoms with Gasteiger partial charge in [0, 0.05) is 7.11 Å². The molecule has 0 aliphatic heterocycles. The van der Waals surface area contributed by atoms with Crippen LogP contribution < -0.4 is 0 Å². The molecule has 3 unspecified atom stereocenters. The van der Waals surface area contributed by atoms with Crippen molar-refractivity contribution in [3.63, 3.8) is 0 Å². The number of hydrogen-bond donors (Lipinski definition) is 0. The minimum atomic E-state index is -1.32. The maximum absolute atomic E-state index is 12.8. The Kier molecular flexibility index (Phi) is 9.17. The fourth-order valence-electron chi connectivity index (χ4n) is 3.16. The topological polar surface area (TPSA) is 88.1 Å². The van der Waals surface area contributed by atoms with Gasteiger partial charge in [-0.2, -0.15) is 0 Å². The van der Waals surface area contributed by atoms with E-state index in [-0.39, 0.29) is 17.7 Å². The number of hydrogen-bond acceptors (Lipinski definition) is 7. The molecule has 0 fully saturated rings. The minimum Gasteiger partial charge on any atom is -0.459 e. The van der Waals surface area contributed by atoms with Crippen LogP contribution in [0.2, 0.25) is 0 Å². The van der Waals surface area contributed by atoms with E-state index in [1.54, 1.807) is 91.0 Å². The second-order valence-corrected chi connectivity index (χ2v) is 7.33. The zero-order chi connectivity index (χ0) is 25.0. The minimum absolute atomic E-state index is 0.263. The van der Waals surface area contributed by atoms with Crippen LogP contribution in [-0.2, 0) is 18.9 Å². The first-order valence-electron chi connectivity index (χ1n) is 10.8. The lowest BCUT2D eigenvalue weighted by atomic mass is 10.1. The lowest BCUT2D eigenvalue weighted by Crippen LogP contribution is -2.46. The molecule has 7 nitrogen and oxygen atoms in total. The Balaban J connectivity index is 1.81. The quantitative estimate of drug-likeness (QED) is 0.251. The van der Waals surface area contributed by atoms with Crippen molar-refractivity contribution in [2.45, 2.75) is 18.3 Å². The number of carbonyl (C=O) groups is 3. The highest BCUT2D eigenvalue weighted by Crippen LogP contribution is 2.18. The highest BCUT2D eigenvalue weighted by Gasteiger charge is 2.36. The molecule has 0 aromatic heterocycles. The van der Waals surface area contributed by atoms with E-state index in [9.17, 15) is 14.4 Å². The molecule has 0 amide bonds. The largest absolute Gasteiger partial charge is 0.459 e. The van der Waals surface area contributed by atoms with Gasteiger partial charge in [-0.05, 0) is 36.4 Å². The molecule has 0 spiro atoms. The molecule has 0 saturated carbocycles. The van der Waals surface area contributed by atoms with Crippen molar-refractivity contribution in [2.75, 3.05) is 13.7 Å². The van der Waals surface area contributed by atoms with Crippen molar-refractivity contribution in [1.82, 2.24) is 0 Å². The smallest absolute Gasteiger partial charge is 0.339 e. The van der Waals surface area contributed by atoms with Gasteiger partial charge in [0.25, 0.3) is 0 Å². The molecule has 0 radical (unpaired) electrons.